The van der Waals surface area contributed by atoms with Gasteiger partial charge in [-0.2, -0.15) is 0 Å². The van der Waals surface area contributed by atoms with Crippen LogP contribution in [0, 0.1) is 5.82 Å². The van der Waals surface area contributed by atoms with E-state index in [1.807, 2.05) is 17.0 Å². The molecule has 2 atom stereocenters. The maximum atomic E-state index is 14.2. The number of rotatable bonds is 4. The van der Waals surface area contributed by atoms with E-state index >= 15 is 0 Å². The molecule has 4 rings (SSSR count). The molecule has 1 unspecified atom stereocenters. The fraction of sp³-hybridized carbons (Fsp3) is 0.286. The molecule has 0 aliphatic carbocycles. The van der Waals surface area contributed by atoms with Crippen LogP contribution in [0.25, 0.3) is 11.3 Å². The molecule has 1 aliphatic rings. The van der Waals surface area contributed by atoms with Crippen molar-refractivity contribution in [3.63, 3.8) is 0 Å². The number of aromatic nitrogens is 3. The number of thiol groups is 1. The first-order chi connectivity index (χ1) is 14.4. The fourth-order valence-electron chi connectivity index (χ4n) is 3.45. The third-order valence-electron chi connectivity index (χ3n) is 5.12. The van der Waals surface area contributed by atoms with Crippen LogP contribution in [0.5, 0.6) is 0 Å². The van der Waals surface area contributed by atoms with Crippen LogP contribution in [0.15, 0.2) is 53.6 Å². The first-order valence-corrected chi connectivity index (χ1v) is 9.96. The first kappa shape index (κ1) is 20.5. The Balaban J connectivity index is 1.65. The standard InChI is InChI=1S/C21H21FN4O3S/c1-25-19(27)10-17(15-6-7-23-11-16(15)22)24-21(25)26-8-9-29-18(12-26)13-2-4-14(5-3-13)20(28)30/h2-7,10-11,18,20,28,30H,8-9,12H2,1H3/t18-,20?/m1/s1. The molecule has 3 heterocycles. The van der Waals surface area contributed by atoms with Crippen LogP contribution in [-0.2, 0) is 11.8 Å². The third-order valence-corrected chi connectivity index (χ3v) is 5.41. The highest BCUT2D eigenvalue weighted by molar-refractivity contribution is 7.80. The smallest absolute Gasteiger partial charge is 0.255 e. The second-order valence-electron chi connectivity index (χ2n) is 7.04. The topological polar surface area (TPSA) is 80.5 Å². The van der Waals surface area contributed by atoms with Gasteiger partial charge in [-0.15, -0.1) is 12.6 Å². The highest BCUT2D eigenvalue weighted by Crippen LogP contribution is 2.28. The number of pyridine rings is 1. The molecule has 1 saturated heterocycles. The summed E-state index contributed by atoms with van der Waals surface area (Å²) in [4.78, 5) is 22.8. The molecule has 1 aliphatic heterocycles. The molecule has 2 aromatic heterocycles. The zero-order chi connectivity index (χ0) is 21.3. The molecule has 1 fully saturated rings. The summed E-state index contributed by atoms with van der Waals surface area (Å²) in [6.45, 7) is 1.48. The zero-order valence-electron chi connectivity index (χ0n) is 16.3. The van der Waals surface area contributed by atoms with Crippen LogP contribution in [0.3, 0.4) is 0 Å². The van der Waals surface area contributed by atoms with Crippen LogP contribution in [0.4, 0.5) is 10.3 Å². The first-order valence-electron chi connectivity index (χ1n) is 9.44. The maximum Gasteiger partial charge on any atom is 0.255 e. The molecule has 0 amide bonds. The molecule has 156 valence electrons. The van der Waals surface area contributed by atoms with Gasteiger partial charge in [-0.05, 0) is 17.2 Å². The lowest BCUT2D eigenvalue weighted by Gasteiger charge is -2.34. The Labute approximate surface area is 178 Å². The van der Waals surface area contributed by atoms with Gasteiger partial charge >= 0.3 is 0 Å². The van der Waals surface area contributed by atoms with E-state index in [0.29, 0.717) is 31.2 Å². The van der Waals surface area contributed by atoms with Crippen molar-refractivity contribution < 1.29 is 14.2 Å². The van der Waals surface area contributed by atoms with Crippen LogP contribution in [0.2, 0.25) is 0 Å². The van der Waals surface area contributed by atoms with Crippen LogP contribution in [0.1, 0.15) is 22.7 Å². The Bertz CT molecular complexity index is 1100. The van der Waals surface area contributed by atoms with E-state index in [9.17, 15) is 14.3 Å². The van der Waals surface area contributed by atoms with Crippen molar-refractivity contribution in [1.29, 1.82) is 0 Å². The number of aliphatic hydroxyl groups is 1. The summed E-state index contributed by atoms with van der Waals surface area (Å²) in [7, 11) is 1.64. The largest absolute Gasteiger partial charge is 0.378 e. The Morgan fingerprint density at radius 1 is 1.30 bits per heavy atom. The average Bonchev–Trinajstić information content (AvgIpc) is 2.76. The average molecular weight is 428 g/mol. The van der Waals surface area contributed by atoms with Gasteiger partial charge in [0.1, 0.15) is 11.5 Å². The number of hydrogen-bond donors (Lipinski definition) is 2. The Morgan fingerprint density at radius 3 is 2.77 bits per heavy atom. The minimum Gasteiger partial charge on any atom is -0.378 e. The summed E-state index contributed by atoms with van der Waals surface area (Å²) in [5.74, 6) is -0.0834. The molecule has 0 saturated carbocycles. The highest BCUT2D eigenvalue weighted by Gasteiger charge is 2.25. The SMILES string of the molecule is Cn1c(N2CCO[C@@H](c3ccc(C(O)S)cc3)C2)nc(-c2ccncc2F)cc1=O. The number of ether oxygens (including phenoxy) is 1. The van der Waals surface area contributed by atoms with Gasteiger partial charge in [0.05, 0.1) is 25.0 Å². The monoisotopic (exact) mass is 428 g/mol. The molecule has 30 heavy (non-hydrogen) atoms. The van der Waals surface area contributed by atoms with Crippen molar-refractivity contribution >= 4 is 18.6 Å². The van der Waals surface area contributed by atoms with Crippen molar-refractivity contribution in [2.75, 3.05) is 24.6 Å². The summed E-state index contributed by atoms with van der Waals surface area (Å²) in [6, 6.07) is 10.2. The van der Waals surface area contributed by atoms with E-state index in [4.69, 9.17) is 4.74 Å². The number of morpholine rings is 1. The molecule has 3 aromatic rings. The van der Waals surface area contributed by atoms with Gasteiger partial charge in [0, 0.05) is 31.4 Å². The maximum absolute atomic E-state index is 14.2. The quantitative estimate of drug-likeness (QED) is 0.491. The van der Waals surface area contributed by atoms with Gasteiger partial charge in [-0.1, -0.05) is 24.3 Å². The van der Waals surface area contributed by atoms with E-state index in [1.165, 1.54) is 22.9 Å². The summed E-state index contributed by atoms with van der Waals surface area (Å²) in [5, 5.41) is 9.57. The van der Waals surface area contributed by atoms with Gasteiger partial charge in [0.15, 0.2) is 5.82 Å². The summed E-state index contributed by atoms with van der Waals surface area (Å²) in [6.07, 6.45) is 2.33. The molecule has 0 bridgehead atoms. The molecular weight excluding hydrogens is 407 g/mol. The molecular formula is C21H21FN4O3S. The number of aliphatic hydroxyl groups excluding tert-OH is 1. The number of benzene rings is 1. The fourth-order valence-corrected chi connectivity index (χ4v) is 3.62. The van der Waals surface area contributed by atoms with E-state index in [-0.39, 0.29) is 22.9 Å². The van der Waals surface area contributed by atoms with Crippen LogP contribution < -0.4 is 10.5 Å². The molecule has 1 N–H and O–H groups in total. The molecule has 1 aromatic carbocycles. The predicted octanol–water partition coefficient (Wildman–Crippen LogP) is 2.48. The zero-order valence-corrected chi connectivity index (χ0v) is 17.2. The molecule has 7 nitrogen and oxygen atoms in total. The van der Waals surface area contributed by atoms with E-state index < -0.39 is 11.3 Å². The van der Waals surface area contributed by atoms with Gasteiger partial charge in [-0.3, -0.25) is 14.3 Å². The van der Waals surface area contributed by atoms with Crippen molar-refractivity contribution in [3.8, 4) is 11.3 Å². The Morgan fingerprint density at radius 2 is 2.07 bits per heavy atom. The van der Waals surface area contributed by atoms with Gasteiger partial charge in [0.25, 0.3) is 5.56 Å². The van der Waals surface area contributed by atoms with Gasteiger partial charge < -0.3 is 14.7 Å². The number of hydrogen-bond acceptors (Lipinski definition) is 7. The van der Waals surface area contributed by atoms with E-state index in [2.05, 4.69) is 22.6 Å². The lowest BCUT2D eigenvalue weighted by Crippen LogP contribution is -2.41. The van der Waals surface area contributed by atoms with Gasteiger partial charge in [0.2, 0.25) is 5.95 Å². The number of nitrogens with zero attached hydrogens (tertiary/aromatic N) is 4. The van der Waals surface area contributed by atoms with E-state index in [1.54, 1.807) is 19.2 Å². The minimum atomic E-state index is -0.835. The van der Waals surface area contributed by atoms with Crippen molar-refractivity contribution in [2.24, 2.45) is 7.05 Å². The second-order valence-corrected chi connectivity index (χ2v) is 7.53. The van der Waals surface area contributed by atoms with E-state index in [0.717, 1.165) is 11.8 Å². The van der Waals surface area contributed by atoms with Crippen molar-refractivity contribution in [3.05, 3.63) is 76.1 Å². The summed E-state index contributed by atoms with van der Waals surface area (Å²) < 4.78 is 21.5. The predicted molar refractivity (Wildman–Crippen MR) is 114 cm³/mol. The van der Waals surface area contributed by atoms with Crippen molar-refractivity contribution in [1.82, 2.24) is 14.5 Å². The lowest BCUT2D eigenvalue weighted by molar-refractivity contribution is 0.0389. The Kier molecular flexibility index (Phi) is 5.85. The lowest BCUT2D eigenvalue weighted by atomic mass is 10.1. The molecule has 0 spiro atoms. The summed E-state index contributed by atoms with van der Waals surface area (Å²) in [5.41, 5.74) is 1.03. The molecule has 0 radical (unpaired) electrons. The third kappa shape index (κ3) is 4.09. The second kappa shape index (κ2) is 8.55. The normalized spacial score (nSPS) is 17.7. The van der Waals surface area contributed by atoms with Crippen molar-refractivity contribution in [2.45, 2.75) is 11.5 Å². The summed E-state index contributed by atoms with van der Waals surface area (Å²) >= 11 is 4.02. The van der Waals surface area contributed by atoms with Gasteiger partial charge in [-0.25, -0.2) is 9.37 Å². The minimum absolute atomic E-state index is 0.231. The number of anilines is 1. The molecule has 9 heteroatoms. The van der Waals surface area contributed by atoms with Crippen LogP contribution >= 0.6 is 12.6 Å². The van der Waals surface area contributed by atoms with Crippen LogP contribution in [-0.4, -0.2) is 39.3 Å². The number of halogens is 1. The Hall–Kier alpha value is -2.75. The highest BCUT2D eigenvalue weighted by atomic mass is 32.1.